The quantitative estimate of drug-likeness (QED) is 0.0928. The molecule has 0 fully saturated rings. The fourth-order valence-electron chi connectivity index (χ4n) is 16.9. The van der Waals surface area contributed by atoms with Crippen LogP contribution in [-0.4, -0.2) is 15.8 Å². The fraction of sp³-hybridized carbons (Fsp3) is 0. The molecule has 0 spiro atoms. The molecule has 85 heavy (non-hydrogen) atoms. The number of nitrogens with zero attached hydrogens (tertiary/aromatic N) is 2. The number of aromatic nitrogens is 2. The van der Waals surface area contributed by atoms with Crippen molar-refractivity contribution in [2.45, 2.75) is 0 Å². The molecular weight excluding hydrogens is 1020 g/mol. The van der Waals surface area contributed by atoms with Gasteiger partial charge in [0.1, 0.15) is 0 Å². The van der Waals surface area contributed by atoms with Gasteiger partial charge in [0, 0.05) is 49.2 Å². The van der Waals surface area contributed by atoms with E-state index in [1.165, 1.54) is 201 Å². The van der Waals surface area contributed by atoms with Crippen LogP contribution in [0.3, 0.4) is 0 Å². The summed E-state index contributed by atoms with van der Waals surface area (Å²) in [5, 5.41) is 30.7. The van der Waals surface area contributed by atoms with Crippen molar-refractivity contribution in [3.05, 3.63) is 273 Å². The SMILES string of the molecule is c1cc2c3c(c1)-n1c4ccc(-c5c6ccccc6cc6ccccc56)cc4c4c5c6ccccc6c6ccccc6c5cc(c41)B3c1cc(-c3c4ccccc4cc4ccccc34)cc3c4c5c6ccccc6c6ccccc6c5ccc4n-2c13. The van der Waals surface area contributed by atoms with Crippen LogP contribution in [-0.2, 0) is 0 Å². The minimum Gasteiger partial charge on any atom is -0.310 e. The lowest BCUT2D eigenvalue weighted by Gasteiger charge is -2.34. The van der Waals surface area contributed by atoms with E-state index in [9.17, 15) is 0 Å². The standard InChI is InChI=1S/C82H45BN2/c1-5-22-52-46(18-1)40-47-19-2-6-23-53(47)74(52)50-36-38-70-66(42-50)79-77-63-33-16-14-29-59(63)57-27-10-12-31-61(57)65(77)45-69-82(79)84(70)72-34-17-35-73-80(72)83(69)68-44-51(75-54-24-7-3-20-48(54)41-49-21-4-8-25-55(49)75)43-67-78-71(85(73)81(67)68)39-37-64-60-30-11-9-26-56(60)58-28-13-15-32-62(58)76(64)78/h1-45H. The third-order valence-electron chi connectivity index (χ3n) is 20.1. The van der Waals surface area contributed by atoms with Gasteiger partial charge in [-0.15, -0.1) is 0 Å². The second-order valence-corrected chi connectivity index (χ2v) is 24.1. The average molecular weight is 1070 g/mol. The molecule has 4 heterocycles. The van der Waals surface area contributed by atoms with E-state index in [0.29, 0.717) is 0 Å². The van der Waals surface area contributed by atoms with Gasteiger partial charge in [0.2, 0.25) is 0 Å². The zero-order valence-corrected chi connectivity index (χ0v) is 46.0. The van der Waals surface area contributed by atoms with Gasteiger partial charge in [0.25, 0.3) is 6.71 Å². The molecule has 19 aromatic rings. The highest BCUT2D eigenvalue weighted by molar-refractivity contribution is 7.00. The summed E-state index contributed by atoms with van der Waals surface area (Å²) in [6.07, 6.45) is 0. The topological polar surface area (TPSA) is 9.86 Å². The molecule has 0 radical (unpaired) electrons. The summed E-state index contributed by atoms with van der Waals surface area (Å²) in [6, 6.07) is 105. The van der Waals surface area contributed by atoms with E-state index in [-0.39, 0.29) is 6.71 Å². The molecular formula is C82H45BN2. The molecule has 2 nitrogen and oxygen atoms in total. The molecule has 0 amide bonds. The van der Waals surface area contributed by atoms with Gasteiger partial charge in [-0.3, -0.25) is 0 Å². The van der Waals surface area contributed by atoms with Crippen LogP contribution in [0.1, 0.15) is 0 Å². The highest BCUT2D eigenvalue weighted by Gasteiger charge is 2.42. The smallest absolute Gasteiger partial charge is 0.252 e. The van der Waals surface area contributed by atoms with Gasteiger partial charge in [0.15, 0.2) is 0 Å². The van der Waals surface area contributed by atoms with Crippen molar-refractivity contribution in [3.63, 3.8) is 0 Å². The molecule has 21 rings (SSSR count). The molecule has 2 aliphatic rings. The van der Waals surface area contributed by atoms with Crippen molar-refractivity contribution in [1.82, 2.24) is 9.13 Å². The number of rotatable bonds is 2. The fourth-order valence-corrected chi connectivity index (χ4v) is 16.9. The third-order valence-corrected chi connectivity index (χ3v) is 20.1. The van der Waals surface area contributed by atoms with E-state index < -0.39 is 0 Å². The van der Waals surface area contributed by atoms with Crippen LogP contribution in [0, 0.1) is 0 Å². The number of hydrogen-bond acceptors (Lipinski definition) is 0. The van der Waals surface area contributed by atoms with Crippen LogP contribution < -0.4 is 16.4 Å². The first-order valence-corrected chi connectivity index (χ1v) is 29.9. The molecule has 386 valence electrons. The Hall–Kier alpha value is -11.0. The molecule has 0 N–H and O–H groups in total. The maximum Gasteiger partial charge on any atom is 0.252 e. The Morgan fingerprint density at radius 1 is 0.224 bits per heavy atom. The maximum absolute atomic E-state index is 2.68. The van der Waals surface area contributed by atoms with E-state index in [2.05, 4.69) is 282 Å². The summed E-state index contributed by atoms with van der Waals surface area (Å²) in [4.78, 5) is 0. The molecule has 0 atom stereocenters. The van der Waals surface area contributed by atoms with Crippen molar-refractivity contribution in [1.29, 1.82) is 0 Å². The number of hydrogen-bond donors (Lipinski definition) is 0. The Balaban J connectivity index is 0.984. The predicted octanol–water partition coefficient (Wildman–Crippen LogP) is 19.9. The minimum absolute atomic E-state index is 0.119. The monoisotopic (exact) mass is 1070 g/mol. The lowest BCUT2D eigenvalue weighted by atomic mass is 9.34. The van der Waals surface area contributed by atoms with Gasteiger partial charge in [-0.2, -0.15) is 0 Å². The average Bonchev–Trinajstić information content (AvgIpc) is 2.08. The number of benzene rings is 17. The first-order chi connectivity index (χ1) is 42.2. The Kier molecular flexibility index (Phi) is 8.38. The molecule has 2 aromatic heterocycles. The van der Waals surface area contributed by atoms with Gasteiger partial charge >= 0.3 is 0 Å². The van der Waals surface area contributed by atoms with Crippen LogP contribution >= 0.6 is 0 Å². The zero-order valence-electron chi connectivity index (χ0n) is 46.0. The maximum atomic E-state index is 2.68. The first-order valence-electron chi connectivity index (χ1n) is 29.9. The van der Waals surface area contributed by atoms with Gasteiger partial charge in [-0.25, -0.2) is 0 Å². The molecule has 3 heteroatoms. The Bertz CT molecular complexity index is 6210. The summed E-state index contributed by atoms with van der Waals surface area (Å²) in [5.74, 6) is 0. The van der Waals surface area contributed by atoms with E-state index in [0.717, 1.165) is 0 Å². The first kappa shape index (κ1) is 44.6. The zero-order chi connectivity index (χ0) is 54.9. The van der Waals surface area contributed by atoms with Crippen molar-refractivity contribution in [2.24, 2.45) is 0 Å². The second kappa shape index (κ2) is 16.0. The van der Waals surface area contributed by atoms with Crippen molar-refractivity contribution in [3.8, 4) is 33.6 Å². The summed E-state index contributed by atoms with van der Waals surface area (Å²) in [7, 11) is 0. The Morgan fingerprint density at radius 2 is 0.624 bits per heavy atom. The summed E-state index contributed by atoms with van der Waals surface area (Å²) in [5.41, 5.74) is 16.6. The van der Waals surface area contributed by atoms with E-state index in [1.807, 2.05) is 0 Å². The van der Waals surface area contributed by atoms with Crippen LogP contribution in [0.2, 0.25) is 0 Å². The molecule has 0 saturated carbocycles. The summed E-state index contributed by atoms with van der Waals surface area (Å²) in [6.45, 7) is -0.119. The molecule has 0 aliphatic carbocycles. The molecule has 17 aromatic carbocycles. The molecule has 0 unspecified atom stereocenters. The normalized spacial score (nSPS) is 12.9. The largest absolute Gasteiger partial charge is 0.310 e. The predicted molar refractivity (Wildman–Crippen MR) is 366 cm³/mol. The van der Waals surface area contributed by atoms with Gasteiger partial charge in [-0.1, -0.05) is 224 Å². The van der Waals surface area contributed by atoms with Crippen molar-refractivity contribution in [2.75, 3.05) is 0 Å². The van der Waals surface area contributed by atoms with Gasteiger partial charge < -0.3 is 9.13 Å². The lowest BCUT2D eigenvalue weighted by molar-refractivity contribution is 1.14. The van der Waals surface area contributed by atoms with E-state index in [4.69, 9.17) is 0 Å². The summed E-state index contributed by atoms with van der Waals surface area (Å²) < 4.78 is 5.35. The molecule has 2 aliphatic heterocycles. The van der Waals surface area contributed by atoms with Crippen LogP contribution in [0.5, 0.6) is 0 Å². The van der Waals surface area contributed by atoms with Crippen molar-refractivity contribution >= 4 is 174 Å². The molecule has 0 saturated heterocycles. The summed E-state index contributed by atoms with van der Waals surface area (Å²) >= 11 is 0. The van der Waals surface area contributed by atoms with Crippen LogP contribution in [0.4, 0.5) is 0 Å². The highest BCUT2D eigenvalue weighted by atomic mass is 15.0. The third kappa shape index (κ3) is 5.57. The Morgan fingerprint density at radius 3 is 1.16 bits per heavy atom. The second-order valence-electron chi connectivity index (χ2n) is 24.1. The Labute approximate surface area is 487 Å². The van der Waals surface area contributed by atoms with Crippen molar-refractivity contribution < 1.29 is 0 Å². The van der Waals surface area contributed by atoms with Gasteiger partial charge in [0.05, 0.1) is 16.6 Å². The van der Waals surface area contributed by atoms with Gasteiger partial charge in [-0.05, 0) is 184 Å². The van der Waals surface area contributed by atoms with E-state index in [1.54, 1.807) is 0 Å². The minimum atomic E-state index is -0.119. The van der Waals surface area contributed by atoms with Crippen LogP contribution in [0.25, 0.3) is 185 Å². The van der Waals surface area contributed by atoms with E-state index >= 15 is 0 Å². The van der Waals surface area contributed by atoms with Crippen LogP contribution in [0.15, 0.2) is 273 Å². The molecule has 0 bridgehead atoms. The highest BCUT2D eigenvalue weighted by Crippen LogP contribution is 2.50. The number of fused-ring (bicyclic) bond motifs is 28. The lowest BCUT2D eigenvalue weighted by Crippen LogP contribution is -2.59.